The van der Waals surface area contributed by atoms with Crippen LogP contribution in [0.4, 0.5) is 0 Å². The Hall–Kier alpha value is -5.80. The molecule has 1 saturated heterocycles. The summed E-state index contributed by atoms with van der Waals surface area (Å²) in [5, 5.41) is 21.8. The predicted octanol–water partition coefficient (Wildman–Crippen LogP) is -4.98. The van der Waals surface area contributed by atoms with E-state index in [0.29, 0.717) is 12.1 Å². The van der Waals surface area contributed by atoms with Gasteiger partial charge in [0.15, 0.2) is 5.96 Å². The minimum absolute atomic E-state index is 0.0685. The molecule has 1 aliphatic heterocycles. The molecule has 0 bridgehead atoms. The quantitative estimate of drug-likeness (QED) is 0.0301. The summed E-state index contributed by atoms with van der Waals surface area (Å²) in [4.78, 5) is 113. The number of aromatic nitrogens is 2. The van der Waals surface area contributed by atoms with Crippen molar-refractivity contribution in [2.75, 3.05) is 26.2 Å². The number of nitrogens with two attached hydrogens (primary N) is 4. The number of hydrogen-bond donors (Lipinski definition) is 11. The van der Waals surface area contributed by atoms with Crippen molar-refractivity contribution in [1.29, 1.82) is 0 Å². The SMILES string of the molecule is CC(C)[C@H](NC(=O)CNC(=O)[C@H](CCC(N)=O)NC(=O)CNC(=O)[C@@H](N)Cc1cnc[nH]1)C(=O)N[C@@H](CCCN=C(N)N)C(=O)N1CCC[C@H]1C(=O)O. The van der Waals surface area contributed by atoms with Gasteiger partial charge in [0.2, 0.25) is 41.4 Å². The summed E-state index contributed by atoms with van der Waals surface area (Å²) in [6, 6.07) is -5.70. The predicted molar refractivity (Wildman–Crippen MR) is 188 cm³/mol. The Morgan fingerprint density at radius 2 is 1.60 bits per heavy atom. The van der Waals surface area contributed by atoms with Crippen LogP contribution in [0, 0.1) is 5.92 Å². The molecule has 22 nitrogen and oxygen atoms in total. The van der Waals surface area contributed by atoms with Gasteiger partial charge in [-0.25, -0.2) is 9.78 Å². The lowest BCUT2D eigenvalue weighted by atomic mass is 10.0. The lowest BCUT2D eigenvalue weighted by molar-refractivity contribution is -0.149. The third kappa shape index (κ3) is 15.1. The molecule has 0 saturated carbocycles. The number of carbonyl (C=O) groups is 8. The molecule has 22 heteroatoms. The number of guanidine groups is 1. The summed E-state index contributed by atoms with van der Waals surface area (Å²) >= 11 is 0. The van der Waals surface area contributed by atoms with Crippen molar-refractivity contribution in [3.8, 4) is 0 Å². The first-order chi connectivity index (χ1) is 25.0. The maximum absolute atomic E-state index is 13.5. The number of aliphatic carboxylic acids is 1. The zero-order chi connectivity index (χ0) is 39.7. The van der Waals surface area contributed by atoms with Crippen molar-refractivity contribution in [2.24, 2.45) is 33.8 Å². The average molecular weight is 750 g/mol. The number of aliphatic imine (C=N–C) groups is 1. The highest BCUT2D eigenvalue weighted by Crippen LogP contribution is 2.20. The lowest BCUT2D eigenvalue weighted by Gasteiger charge is -2.29. The number of hydrogen-bond acceptors (Lipinski definition) is 11. The van der Waals surface area contributed by atoms with Gasteiger partial charge >= 0.3 is 5.97 Å². The summed E-state index contributed by atoms with van der Waals surface area (Å²) in [6.07, 6.45) is 3.60. The second-order valence-corrected chi connectivity index (χ2v) is 12.8. The zero-order valence-corrected chi connectivity index (χ0v) is 29.8. The van der Waals surface area contributed by atoms with E-state index in [2.05, 4.69) is 41.5 Å². The van der Waals surface area contributed by atoms with E-state index >= 15 is 0 Å². The molecule has 7 amide bonds. The van der Waals surface area contributed by atoms with E-state index < -0.39 is 96.5 Å². The van der Waals surface area contributed by atoms with Gasteiger partial charge in [-0.2, -0.15) is 0 Å². The van der Waals surface area contributed by atoms with Gasteiger partial charge in [-0.1, -0.05) is 13.8 Å². The van der Waals surface area contributed by atoms with Crippen molar-refractivity contribution in [3.63, 3.8) is 0 Å². The molecule has 0 spiro atoms. The number of primary amides is 1. The first-order valence-corrected chi connectivity index (χ1v) is 17.0. The van der Waals surface area contributed by atoms with E-state index in [-0.39, 0.29) is 57.6 Å². The van der Waals surface area contributed by atoms with E-state index in [0.717, 1.165) is 0 Å². The fourth-order valence-corrected chi connectivity index (χ4v) is 5.39. The summed E-state index contributed by atoms with van der Waals surface area (Å²) < 4.78 is 0. The molecule has 2 heterocycles. The van der Waals surface area contributed by atoms with Gasteiger partial charge in [-0.3, -0.25) is 38.6 Å². The zero-order valence-electron chi connectivity index (χ0n) is 29.8. The number of carbonyl (C=O) groups excluding carboxylic acids is 7. The van der Waals surface area contributed by atoms with Crippen molar-refractivity contribution in [3.05, 3.63) is 18.2 Å². The van der Waals surface area contributed by atoms with Crippen LogP contribution in [0.2, 0.25) is 0 Å². The first-order valence-electron chi connectivity index (χ1n) is 17.0. The average Bonchev–Trinajstić information content (AvgIpc) is 3.80. The minimum Gasteiger partial charge on any atom is -0.480 e. The van der Waals surface area contributed by atoms with Crippen LogP contribution in [0.3, 0.4) is 0 Å². The second-order valence-electron chi connectivity index (χ2n) is 12.8. The molecule has 0 radical (unpaired) electrons. The fourth-order valence-electron chi connectivity index (χ4n) is 5.39. The molecule has 2 rings (SSSR count). The van der Waals surface area contributed by atoms with Gasteiger partial charge < -0.3 is 64.5 Å². The number of imidazole rings is 1. The Kier molecular flexibility index (Phi) is 17.6. The molecule has 0 aromatic carbocycles. The Morgan fingerprint density at radius 3 is 2.19 bits per heavy atom. The monoisotopic (exact) mass is 749 g/mol. The number of H-pyrrole nitrogens is 1. The maximum atomic E-state index is 13.5. The molecule has 1 aliphatic rings. The molecule has 1 aromatic rings. The number of rotatable bonds is 22. The molecule has 15 N–H and O–H groups in total. The van der Waals surface area contributed by atoms with Crippen molar-refractivity contribution < 1.29 is 43.5 Å². The van der Waals surface area contributed by atoms with Gasteiger partial charge in [0.25, 0.3) is 0 Å². The fraction of sp³-hybridized carbons (Fsp3) is 0.613. The van der Waals surface area contributed by atoms with Gasteiger partial charge in [-0.15, -0.1) is 0 Å². The number of aromatic amines is 1. The summed E-state index contributed by atoms with van der Waals surface area (Å²) in [5.74, 6) is -7.01. The number of nitrogens with one attached hydrogen (secondary N) is 6. The molecule has 294 valence electrons. The van der Waals surface area contributed by atoms with E-state index in [1.54, 1.807) is 13.8 Å². The van der Waals surface area contributed by atoms with E-state index in [1.165, 1.54) is 17.4 Å². The minimum atomic E-state index is -1.33. The lowest BCUT2D eigenvalue weighted by Crippen LogP contribution is -2.58. The van der Waals surface area contributed by atoms with Crippen LogP contribution < -0.4 is 49.5 Å². The van der Waals surface area contributed by atoms with Crippen molar-refractivity contribution in [1.82, 2.24) is 41.5 Å². The normalized spacial score (nSPS) is 16.0. The van der Waals surface area contributed by atoms with Gasteiger partial charge in [-0.05, 0) is 38.0 Å². The smallest absolute Gasteiger partial charge is 0.326 e. The number of carboxylic acid groups (broad SMARTS) is 1. The van der Waals surface area contributed by atoms with Gasteiger partial charge in [0, 0.05) is 37.8 Å². The summed E-state index contributed by atoms with van der Waals surface area (Å²) in [7, 11) is 0. The number of carboxylic acids is 1. The van der Waals surface area contributed by atoms with Crippen molar-refractivity contribution >= 4 is 53.3 Å². The second kappa shape index (κ2) is 21.5. The molecule has 1 aromatic heterocycles. The van der Waals surface area contributed by atoms with Crippen LogP contribution in [-0.2, 0) is 44.8 Å². The molecular weight excluding hydrogens is 698 g/mol. The van der Waals surface area contributed by atoms with Gasteiger partial charge in [0.05, 0.1) is 25.5 Å². The number of likely N-dealkylation sites (tertiary alicyclic amines) is 1. The Bertz CT molecular complexity index is 1480. The highest BCUT2D eigenvalue weighted by molar-refractivity contribution is 5.96. The van der Waals surface area contributed by atoms with Crippen LogP contribution in [0.5, 0.6) is 0 Å². The van der Waals surface area contributed by atoms with Crippen LogP contribution >= 0.6 is 0 Å². The number of nitrogens with zero attached hydrogens (tertiary/aromatic N) is 3. The first kappa shape index (κ1) is 43.4. The highest BCUT2D eigenvalue weighted by atomic mass is 16.4. The van der Waals surface area contributed by atoms with Crippen LogP contribution in [-0.4, -0.2) is 130 Å². The third-order valence-electron chi connectivity index (χ3n) is 8.16. The summed E-state index contributed by atoms with van der Waals surface area (Å²) in [5.41, 5.74) is 22.4. The Balaban J connectivity index is 2.02. The standard InChI is InChI=1S/C31H51N13O9/c1-16(2)25(28(50)42-20(5-3-9-37-31(34)35)29(51)44-10-4-6-21(44)30(52)53)43-24(47)14-39-27(49)19(7-8-22(33)45)41-23(46)13-38-26(48)18(32)11-17-12-36-15-40-17/h12,15-16,18-21,25H,3-11,13-14,32H2,1-2H3,(H2,33,45)(H,36,40)(H,38,48)(H,39,49)(H,41,46)(H,42,50)(H,43,47)(H,52,53)(H4,34,35,37)/t18-,19-,20-,21-,25-/m0/s1. The van der Waals surface area contributed by atoms with Crippen LogP contribution in [0.1, 0.15) is 58.1 Å². The molecule has 0 unspecified atom stereocenters. The topological polar surface area (TPSA) is 365 Å². The maximum Gasteiger partial charge on any atom is 0.326 e. The molecule has 5 atom stereocenters. The molecule has 1 fully saturated rings. The number of amides is 7. The van der Waals surface area contributed by atoms with Gasteiger partial charge in [0.1, 0.15) is 24.2 Å². The third-order valence-corrected chi connectivity index (χ3v) is 8.16. The molecular formula is C31H51N13O9. The Labute approximate surface area is 305 Å². The van der Waals surface area contributed by atoms with E-state index in [4.69, 9.17) is 22.9 Å². The van der Waals surface area contributed by atoms with Crippen molar-refractivity contribution in [2.45, 2.75) is 89.0 Å². The highest BCUT2D eigenvalue weighted by Gasteiger charge is 2.38. The molecule has 53 heavy (non-hydrogen) atoms. The summed E-state index contributed by atoms with van der Waals surface area (Å²) in [6.45, 7) is 2.41. The van der Waals surface area contributed by atoms with Crippen LogP contribution in [0.25, 0.3) is 0 Å². The van der Waals surface area contributed by atoms with E-state index in [9.17, 15) is 43.5 Å². The molecule has 0 aliphatic carbocycles. The Morgan fingerprint density at radius 1 is 0.943 bits per heavy atom. The van der Waals surface area contributed by atoms with Crippen LogP contribution in [0.15, 0.2) is 17.5 Å². The van der Waals surface area contributed by atoms with E-state index in [1.807, 2.05) is 0 Å². The largest absolute Gasteiger partial charge is 0.480 e.